The molecule has 0 saturated carbocycles. The molecule has 7 nitrogen and oxygen atoms in total. The number of para-hydroxylation sites is 1. The molecule has 2 aromatic rings. The Hall–Kier alpha value is -2.61. The number of methoxy groups -OCH3 is 1. The minimum absolute atomic E-state index is 0.152. The van der Waals surface area contributed by atoms with E-state index in [0.29, 0.717) is 41.5 Å². The largest absolute Gasteiger partial charge is 0.493 e. The maximum atomic E-state index is 11.5. The Balaban J connectivity index is 2.01. The quantitative estimate of drug-likeness (QED) is 0.344. The molecule has 1 aromatic heterocycles. The van der Waals surface area contributed by atoms with E-state index < -0.39 is 0 Å². The molecule has 0 radical (unpaired) electrons. The van der Waals surface area contributed by atoms with Crippen LogP contribution in [-0.4, -0.2) is 37.5 Å². The lowest BCUT2D eigenvalue weighted by molar-refractivity contribution is -0.142. The molecule has 2 rings (SSSR count). The van der Waals surface area contributed by atoms with Crippen LogP contribution in [0, 0.1) is 5.92 Å². The van der Waals surface area contributed by atoms with Crippen molar-refractivity contribution in [2.45, 2.75) is 33.6 Å². The lowest BCUT2D eigenvalue weighted by Crippen LogP contribution is -2.07. The summed E-state index contributed by atoms with van der Waals surface area (Å²) in [6, 6.07) is 5.65. The molecule has 0 atom stereocenters. The van der Waals surface area contributed by atoms with Crippen LogP contribution in [0.2, 0.25) is 0 Å². The molecule has 0 aliphatic carbocycles. The highest BCUT2D eigenvalue weighted by molar-refractivity contribution is 7.13. The number of benzene rings is 1. The summed E-state index contributed by atoms with van der Waals surface area (Å²) < 4.78 is 16.3. The second kappa shape index (κ2) is 11.3. The highest BCUT2D eigenvalue weighted by Crippen LogP contribution is 2.30. The van der Waals surface area contributed by atoms with Crippen LogP contribution >= 0.6 is 11.3 Å². The zero-order chi connectivity index (χ0) is 20.4. The first kappa shape index (κ1) is 21.7. The van der Waals surface area contributed by atoms with Gasteiger partial charge in [-0.15, -0.1) is 11.3 Å². The number of aromatic nitrogens is 1. The maximum absolute atomic E-state index is 11.5. The van der Waals surface area contributed by atoms with Gasteiger partial charge >= 0.3 is 5.97 Å². The summed E-state index contributed by atoms with van der Waals surface area (Å²) in [4.78, 5) is 15.8. The molecule has 0 bridgehead atoms. The molecule has 0 amide bonds. The van der Waals surface area contributed by atoms with Gasteiger partial charge in [-0.25, -0.2) is 4.98 Å². The molecule has 0 spiro atoms. The Kier molecular flexibility index (Phi) is 8.74. The van der Waals surface area contributed by atoms with Gasteiger partial charge in [0.25, 0.3) is 0 Å². The summed E-state index contributed by atoms with van der Waals surface area (Å²) in [5.41, 5.74) is 4.34. The maximum Gasteiger partial charge on any atom is 0.311 e. The molecule has 0 saturated heterocycles. The Morgan fingerprint density at radius 1 is 1.39 bits per heavy atom. The first-order valence-corrected chi connectivity index (χ1v) is 10.1. The fourth-order valence-corrected chi connectivity index (χ4v) is 2.96. The van der Waals surface area contributed by atoms with Crippen molar-refractivity contribution in [3.05, 3.63) is 34.8 Å². The molecule has 152 valence electrons. The van der Waals surface area contributed by atoms with Crippen molar-refractivity contribution in [3.8, 4) is 11.5 Å². The van der Waals surface area contributed by atoms with E-state index in [1.807, 2.05) is 18.2 Å². The van der Waals surface area contributed by atoms with Crippen molar-refractivity contribution in [2.24, 2.45) is 11.0 Å². The zero-order valence-electron chi connectivity index (χ0n) is 16.7. The third-order valence-electron chi connectivity index (χ3n) is 3.72. The summed E-state index contributed by atoms with van der Waals surface area (Å²) in [5.74, 6) is 1.60. The van der Waals surface area contributed by atoms with Crippen molar-refractivity contribution in [1.29, 1.82) is 0 Å². The number of anilines is 1. The Labute approximate surface area is 169 Å². The van der Waals surface area contributed by atoms with Gasteiger partial charge in [0, 0.05) is 10.9 Å². The minimum Gasteiger partial charge on any atom is -0.493 e. The van der Waals surface area contributed by atoms with E-state index in [-0.39, 0.29) is 12.4 Å². The van der Waals surface area contributed by atoms with Crippen LogP contribution in [0.3, 0.4) is 0 Å². The molecule has 0 unspecified atom stereocenters. The molecule has 28 heavy (non-hydrogen) atoms. The molecule has 1 heterocycles. The van der Waals surface area contributed by atoms with Crippen LogP contribution in [0.25, 0.3) is 0 Å². The van der Waals surface area contributed by atoms with Gasteiger partial charge in [0.2, 0.25) is 5.13 Å². The minimum atomic E-state index is -0.289. The molecular weight excluding hydrogens is 378 g/mol. The van der Waals surface area contributed by atoms with E-state index in [2.05, 4.69) is 29.4 Å². The second-order valence-electron chi connectivity index (χ2n) is 6.41. The Bertz CT molecular complexity index is 790. The van der Waals surface area contributed by atoms with E-state index in [1.54, 1.807) is 25.6 Å². The average molecular weight is 406 g/mol. The lowest BCUT2D eigenvalue weighted by atomic mass is 10.1. The van der Waals surface area contributed by atoms with E-state index in [0.717, 1.165) is 12.0 Å². The highest BCUT2D eigenvalue weighted by atomic mass is 32.1. The number of hydrogen-bond acceptors (Lipinski definition) is 8. The summed E-state index contributed by atoms with van der Waals surface area (Å²) in [6.07, 6.45) is 2.77. The second-order valence-corrected chi connectivity index (χ2v) is 7.26. The first-order valence-electron chi connectivity index (χ1n) is 9.22. The number of carbonyl (C=O) groups is 1. The zero-order valence-corrected chi connectivity index (χ0v) is 17.5. The molecule has 1 aromatic carbocycles. The molecule has 8 heteroatoms. The standard InChI is InChI=1S/C20H27N3O4S/c1-5-26-18(24)11-16-13-28-20(22-16)23-21-12-15-7-6-8-17(25-4)19(15)27-10-9-14(2)3/h6-8,12-14H,5,9-11H2,1-4H3,(H,22,23). The van der Waals surface area contributed by atoms with Crippen molar-refractivity contribution in [2.75, 3.05) is 25.7 Å². The predicted molar refractivity (Wildman–Crippen MR) is 112 cm³/mol. The summed E-state index contributed by atoms with van der Waals surface area (Å²) in [7, 11) is 1.62. The molecule has 1 N–H and O–H groups in total. The summed E-state index contributed by atoms with van der Waals surface area (Å²) >= 11 is 1.37. The number of nitrogens with one attached hydrogen (secondary N) is 1. The average Bonchev–Trinajstić information content (AvgIpc) is 3.09. The van der Waals surface area contributed by atoms with E-state index in [4.69, 9.17) is 14.2 Å². The van der Waals surface area contributed by atoms with Gasteiger partial charge in [-0.05, 0) is 31.4 Å². The lowest BCUT2D eigenvalue weighted by Gasteiger charge is -2.14. The van der Waals surface area contributed by atoms with Gasteiger partial charge in [0.15, 0.2) is 11.5 Å². The fourth-order valence-electron chi connectivity index (χ4n) is 2.30. The molecule has 0 aliphatic heterocycles. The van der Waals surface area contributed by atoms with Crippen LogP contribution < -0.4 is 14.9 Å². The van der Waals surface area contributed by atoms with E-state index in [1.165, 1.54) is 11.3 Å². The Morgan fingerprint density at radius 2 is 2.21 bits per heavy atom. The van der Waals surface area contributed by atoms with Crippen LogP contribution in [0.1, 0.15) is 38.4 Å². The number of nitrogens with zero attached hydrogens (tertiary/aromatic N) is 2. The third-order valence-corrected chi connectivity index (χ3v) is 4.51. The molecule has 0 fully saturated rings. The van der Waals surface area contributed by atoms with Gasteiger partial charge in [-0.1, -0.05) is 19.9 Å². The number of ether oxygens (including phenoxy) is 3. The molecular formula is C20H27N3O4S. The molecule has 0 aliphatic rings. The Morgan fingerprint density at radius 3 is 2.93 bits per heavy atom. The number of rotatable bonds is 11. The monoisotopic (exact) mass is 405 g/mol. The van der Waals surface area contributed by atoms with Gasteiger partial charge in [-0.3, -0.25) is 10.2 Å². The van der Waals surface area contributed by atoms with Crippen molar-refractivity contribution in [3.63, 3.8) is 0 Å². The van der Waals surface area contributed by atoms with Gasteiger partial charge in [0.05, 0.1) is 38.7 Å². The highest BCUT2D eigenvalue weighted by Gasteiger charge is 2.10. The number of hydrogen-bond donors (Lipinski definition) is 1. The van der Waals surface area contributed by atoms with Crippen LogP contribution in [0.5, 0.6) is 11.5 Å². The number of thiazole rings is 1. The summed E-state index contributed by atoms with van der Waals surface area (Å²) in [6.45, 7) is 7.06. The number of carbonyl (C=O) groups excluding carboxylic acids is 1. The van der Waals surface area contributed by atoms with Crippen molar-refractivity contribution in [1.82, 2.24) is 4.98 Å². The first-order chi connectivity index (χ1) is 13.5. The SMILES string of the molecule is CCOC(=O)Cc1csc(NN=Cc2cccc(OC)c2OCCC(C)C)n1. The topological polar surface area (TPSA) is 82.0 Å². The van der Waals surface area contributed by atoms with Gasteiger partial charge in [-0.2, -0.15) is 5.10 Å². The third kappa shape index (κ3) is 6.84. The van der Waals surface area contributed by atoms with Gasteiger partial charge < -0.3 is 14.2 Å². The predicted octanol–water partition coefficient (Wildman–Crippen LogP) is 4.13. The van der Waals surface area contributed by atoms with Crippen LogP contribution in [-0.2, 0) is 16.0 Å². The summed E-state index contributed by atoms with van der Waals surface area (Å²) in [5, 5.41) is 6.65. The normalized spacial score (nSPS) is 11.0. The smallest absolute Gasteiger partial charge is 0.311 e. The van der Waals surface area contributed by atoms with Crippen LogP contribution in [0.4, 0.5) is 5.13 Å². The van der Waals surface area contributed by atoms with Crippen molar-refractivity contribution >= 4 is 28.7 Å². The van der Waals surface area contributed by atoms with Crippen molar-refractivity contribution < 1.29 is 19.0 Å². The number of hydrazone groups is 1. The van der Waals surface area contributed by atoms with Crippen LogP contribution in [0.15, 0.2) is 28.7 Å². The van der Waals surface area contributed by atoms with E-state index >= 15 is 0 Å². The number of esters is 1. The van der Waals surface area contributed by atoms with Gasteiger partial charge in [0.1, 0.15) is 0 Å². The fraction of sp³-hybridized carbons (Fsp3) is 0.450. The van der Waals surface area contributed by atoms with E-state index in [9.17, 15) is 4.79 Å².